The summed E-state index contributed by atoms with van der Waals surface area (Å²) in [5.74, 6) is 4.87. The molecule has 0 aliphatic carbocycles. The summed E-state index contributed by atoms with van der Waals surface area (Å²) in [4.78, 5) is 12.7. The number of aliphatic hydroxyl groups excluding tert-OH is 1. The van der Waals surface area contributed by atoms with E-state index in [0.717, 1.165) is 68.6 Å². The minimum atomic E-state index is 0. The van der Waals surface area contributed by atoms with E-state index in [1.54, 1.807) is 56.5 Å². The Hall–Kier alpha value is -6.17. The Morgan fingerprint density at radius 3 is 0.692 bits per heavy atom. The summed E-state index contributed by atoms with van der Waals surface area (Å²) in [6.07, 6.45) is 4.59. The van der Waals surface area contributed by atoms with Gasteiger partial charge in [-0.15, -0.1) is 6.61 Å². The fourth-order valence-electron chi connectivity index (χ4n) is 4.50. The first-order valence-corrected chi connectivity index (χ1v) is 19.5. The van der Waals surface area contributed by atoms with Crippen molar-refractivity contribution in [3.8, 4) is 34.5 Å². The van der Waals surface area contributed by atoms with E-state index in [2.05, 4.69) is 30.9 Å². The maximum absolute atomic E-state index is 8.93. The zero-order chi connectivity index (χ0) is 45.9. The first kappa shape index (κ1) is 58.8. The molecule has 0 fully saturated rings. The van der Waals surface area contributed by atoms with Gasteiger partial charge < -0.3 is 69.6 Å². The molecule has 0 amide bonds. The molecule has 0 aliphatic heterocycles. The van der Waals surface area contributed by atoms with Gasteiger partial charge in [0, 0.05) is 6.61 Å². The summed E-state index contributed by atoms with van der Waals surface area (Å²) in [5.41, 5.74) is 4.99. The number of hydrogen-bond donors (Lipinski definition) is 1. The number of benzene rings is 6. The summed E-state index contributed by atoms with van der Waals surface area (Å²) in [7, 11) is 9.82. The van der Waals surface area contributed by atoms with Crippen molar-refractivity contribution in [1.82, 2.24) is 0 Å². The molecule has 0 aromatic heterocycles. The minimum absolute atomic E-state index is 0. The van der Waals surface area contributed by atoms with Gasteiger partial charge in [-0.1, -0.05) is 98.7 Å². The molecule has 0 aliphatic rings. The molecule has 0 bridgehead atoms. The molecule has 6 aromatic rings. The van der Waals surface area contributed by atoms with E-state index in [9.17, 15) is 0 Å². The van der Waals surface area contributed by atoms with Crippen LogP contribution < -0.4 is 33.5 Å². The largest absolute Gasteiger partial charge is 2.00 e. The summed E-state index contributed by atoms with van der Waals surface area (Å²) in [6.45, 7) is 3.50. The van der Waals surface area contributed by atoms with Crippen LogP contribution in [0.15, 0.2) is 161 Å². The normalized spacial score (nSPS) is 9.69. The third-order valence-electron chi connectivity index (χ3n) is 7.68. The molecule has 6 aromatic carbocycles. The number of aliphatic imine (C=N–C) groups is 3. The Morgan fingerprint density at radius 2 is 0.538 bits per heavy atom. The fraction of sp³-hybridized carbons (Fsp3) is 0.204. The van der Waals surface area contributed by atoms with Crippen molar-refractivity contribution in [3.05, 3.63) is 162 Å². The molecule has 0 unspecified atom stereocenters. The smallest absolute Gasteiger partial charge is 0.855 e. The monoisotopic (exact) mass is 1050 g/mol. The van der Waals surface area contributed by atoms with Gasteiger partial charge in [-0.05, 0) is 114 Å². The van der Waals surface area contributed by atoms with Gasteiger partial charge in [0.1, 0.15) is 34.5 Å². The number of rotatable bonds is 15. The average molecular weight is 1050 g/mol. The van der Waals surface area contributed by atoms with E-state index < -0.39 is 0 Å². The molecule has 0 saturated heterocycles. The van der Waals surface area contributed by atoms with Crippen molar-refractivity contribution in [1.29, 1.82) is 0 Å². The minimum Gasteiger partial charge on any atom is -0.855 e. The molecule has 0 saturated carbocycles. The van der Waals surface area contributed by atoms with Gasteiger partial charge in [0.2, 0.25) is 0 Å². The Morgan fingerprint density at radius 1 is 0.385 bits per heavy atom. The second-order valence-electron chi connectivity index (χ2n) is 11.9. The topological polar surface area (TPSA) is 178 Å². The van der Waals surface area contributed by atoms with Crippen LogP contribution in [-0.4, -0.2) is 80.0 Å². The molecule has 6 rings (SSSR count). The van der Waals surface area contributed by atoms with Crippen LogP contribution in [0.25, 0.3) is 16.0 Å². The van der Waals surface area contributed by atoms with Crippen LogP contribution in [0.2, 0.25) is 0 Å². The van der Waals surface area contributed by atoms with E-state index >= 15 is 0 Å². The Labute approximate surface area is 412 Å². The van der Waals surface area contributed by atoms with E-state index in [4.69, 9.17) is 38.6 Å². The average Bonchev–Trinajstić information content (AvgIpc) is 3.34. The van der Waals surface area contributed by atoms with E-state index in [1.165, 1.54) is 19.0 Å². The first-order valence-electron chi connectivity index (χ1n) is 19.5. The van der Waals surface area contributed by atoms with Gasteiger partial charge in [-0.3, -0.25) is 0 Å². The molecule has 0 radical (unpaired) electrons. The molecule has 0 spiro atoms. The maximum atomic E-state index is 8.93. The maximum Gasteiger partial charge on any atom is 2.00 e. The van der Waals surface area contributed by atoms with Gasteiger partial charge in [0.25, 0.3) is 0 Å². The number of nitrogens with zero attached hydrogens (tertiary/aromatic N) is 6. The molecule has 65 heavy (non-hydrogen) atoms. The SMILES string of the molecule is CCO.CC[O-].COc1ccc(N=C[N-]c2ccc(OC)cc2)cc1.COc1ccc(N=C[N-]c2ccc(OC)cc2)cc1.COc1ccc(N=C[N-]c2ccc(OC)cc2)cc1.[Mo+2].[Mo+2]. The molecule has 342 valence electrons. The standard InChI is InChI=1S/3C15H15N2O2.C2H6O.C2H5O.2Mo/c3*1-18-14-7-3-12(4-8-14)16-11-17-13-5-9-15(19-2)10-6-13;2*1-2-3;;/h3*3-11H,1-2H3;3H,2H2,1H3;2H2,1H3;;/q3*-1;;-1;2*+2. The molecule has 1 N–H and O–H groups in total. The van der Waals surface area contributed by atoms with Crippen LogP contribution in [-0.2, 0) is 42.1 Å². The van der Waals surface area contributed by atoms with Crippen molar-refractivity contribution in [3.63, 3.8) is 0 Å². The molecule has 0 atom stereocenters. The van der Waals surface area contributed by atoms with Crippen molar-refractivity contribution in [2.24, 2.45) is 15.0 Å². The van der Waals surface area contributed by atoms with Crippen LogP contribution in [0, 0.1) is 0 Å². The predicted octanol–water partition coefficient (Wildman–Crippen LogP) is 11.6. The van der Waals surface area contributed by atoms with Crippen LogP contribution in [0.4, 0.5) is 34.1 Å². The van der Waals surface area contributed by atoms with E-state index in [0.29, 0.717) is 0 Å². The van der Waals surface area contributed by atoms with Gasteiger partial charge in [0.15, 0.2) is 0 Å². The molecular formula is C49H56Mo2N6O8. The summed E-state index contributed by atoms with van der Waals surface area (Å²) >= 11 is 0. The molecular weight excluding hydrogens is 992 g/mol. The number of methoxy groups -OCH3 is 6. The quantitative estimate of drug-likeness (QED) is 0.0600. The number of hydrogen-bond acceptors (Lipinski definition) is 11. The zero-order valence-electron chi connectivity index (χ0n) is 37.8. The first-order chi connectivity index (χ1) is 30.8. The Balaban J connectivity index is 0.000000876. The van der Waals surface area contributed by atoms with Gasteiger partial charge in [-0.2, -0.15) is 0 Å². The summed E-state index contributed by atoms with van der Waals surface area (Å²) < 4.78 is 30.5. The third-order valence-corrected chi connectivity index (χ3v) is 7.68. The predicted molar refractivity (Wildman–Crippen MR) is 255 cm³/mol. The van der Waals surface area contributed by atoms with Crippen LogP contribution in [0.1, 0.15) is 13.8 Å². The number of ether oxygens (including phenoxy) is 6. The second-order valence-corrected chi connectivity index (χ2v) is 11.9. The molecule has 14 nitrogen and oxygen atoms in total. The number of aliphatic hydroxyl groups is 1. The van der Waals surface area contributed by atoms with Crippen LogP contribution in [0.5, 0.6) is 34.5 Å². The van der Waals surface area contributed by atoms with Crippen LogP contribution in [0.3, 0.4) is 0 Å². The Kier molecular flexibility index (Phi) is 33.7. The molecule has 16 heteroatoms. The van der Waals surface area contributed by atoms with Gasteiger partial charge in [0.05, 0.1) is 42.7 Å². The zero-order valence-corrected chi connectivity index (χ0v) is 41.8. The summed E-state index contributed by atoms with van der Waals surface area (Å²) in [5, 5.41) is 29.2. The van der Waals surface area contributed by atoms with E-state index in [-0.39, 0.29) is 55.3 Å². The second kappa shape index (κ2) is 37.2. The van der Waals surface area contributed by atoms with Crippen molar-refractivity contribution >= 4 is 53.1 Å². The van der Waals surface area contributed by atoms with E-state index in [1.807, 2.05) is 146 Å². The Bertz CT molecular complexity index is 1900. The fourth-order valence-corrected chi connectivity index (χ4v) is 4.50. The third kappa shape index (κ3) is 25.6. The van der Waals surface area contributed by atoms with Gasteiger partial charge in [-0.25, -0.2) is 0 Å². The van der Waals surface area contributed by atoms with Crippen molar-refractivity contribution < 1.29 is 80.8 Å². The van der Waals surface area contributed by atoms with Crippen molar-refractivity contribution in [2.45, 2.75) is 13.8 Å². The molecule has 0 heterocycles. The summed E-state index contributed by atoms with van der Waals surface area (Å²) in [6, 6.07) is 44.8. The van der Waals surface area contributed by atoms with Gasteiger partial charge >= 0.3 is 42.1 Å². The van der Waals surface area contributed by atoms with Crippen LogP contribution >= 0.6 is 0 Å². The van der Waals surface area contributed by atoms with Crippen molar-refractivity contribution in [2.75, 3.05) is 55.9 Å².